The lowest BCUT2D eigenvalue weighted by molar-refractivity contribution is -0.139. The van der Waals surface area contributed by atoms with Crippen LogP contribution in [-0.2, 0) is 22.6 Å². The fraction of sp³-hybridized carbons (Fsp3) is 0.407. The Labute approximate surface area is 191 Å². The molecule has 0 aliphatic heterocycles. The minimum absolute atomic E-state index is 0.103. The number of hydrogen-bond donors (Lipinski definition) is 1. The molecule has 1 aliphatic carbocycles. The smallest absolute Gasteiger partial charge is 0.243 e. The predicted molar refractivity (Wildman–Crippen MR) is 127 cm³/mol. The fourth-order valence-electron chi connectivity index (χ4n) is 4.15. The van der Waals surface area contributed by atoms with E-state index in [0.29, 0.717) is 19.5 Å². The molecule has 2 aromatic carbocycles. The molecule has 2 amide bonds. The molecule has 0 unspecified atom stereocenters. The van der Waals surface area contributed by atoms with Crippen molar-refractivity contribution in [2.45, 2.75) is 58.0 Å². The summed E-state index contributed by atoms with van der Waals surface area (Å²) in [6.07, 6.45) is 8.42. The largest absolute Gasteiger partial charge is 0.497 e. The highest BCUT2D eigenvalue weighted by Crippen LogP contribution is 2.20. The quantitative estimate of drug-likeness (QED) is 0.553. The number of allylic oxidation sites excluding steroid dienone is 1. The Morgan fingerprint density at radius 3 is 2.41 bits per heavy atom. The summed E-state index contributed by atoms with van der Waals surface area (Å²) < 4.78 is 5.23. The standard InChI is InChI=1S/C27H34N2O3/c1-21(30)29(20-24-13-15-25(32-2)16-14-24)26(19-23-11-7-4-8-12-23)27(31)28-18-17-22-9-5-3-6-10-22/h4,7-9,11-16,26H,3,5-6,10,17-20H2,1-2H3,(H,28,31)/t26-/m0/s1. The molecule has 2 aromatic rings. The number of nitrogens with one attached hydrogen (secondary N) is 1. The maximum atomic E-state index is 13.3. The van der Waals surface area contributed by atoms with Gasteiger partial charge in [-0.2, -0.15) is 0 Å². The minimum atomic E-state index is -0.572. The monoisotopic (exact) mass is 434 g/mol. The number of ether oxygens (including phenoxy) is 1. The van der Waals surface area contributed by atoms with E-state index in [1.807, 2.05) is 54.6 Å². The Hall–Kier alpha value is -3.08. The van der Waals surface area contributed by atoms with Crippen LogP contribution in [0.4, 0.5) is 0 Å². The Morgan fingerprint density at radius 2 is 1.78 bits per heavy atom. The highest BCUT2D eigenvalue weighted by atomic mass is 16.5. The van der Waals surface area contributed by atoms with E-state index < -0.39 is 6.04 Å². The number of hydrogen-bond acceptors (Lipinski definition) is 3. The van der Waals surface area contributed by atoms with E-state index in [-0.39, 0.29) is 11.8 Å². The van der Waals surface area contributed by atoms with E-state index in [1.54, 1.807) is 12.0 Å². The lowest BCUT2D eigenvalue weighted by atomic mass is 9.97. The lowest BCUT2D eigenvalue weighted by Crippen LogP contribution is -2.50. The van der Waals surface area contributed by atoms with Gasteiger partial charge in [0, 0.05) is 26.4 Å². The van der Waals surface area contributed by atoms with Gasteiger partial charge in [-0.1, -0.05) is 54.1 Å². The van der Waals surface area contributed by atoms with Crippen molar-refractivity contribution in [1.29, 1.82) is 0 Å². The third kappa shape index (κ3) is 6.98. The molecule has 0 fully saturated rings. The molecule has 5 nitrogen and oxygen atoms in total. The molecule has 1 aliphatic rings. The molecular weight excluding hydrogens is 400 g/mol. The summed E-state index contributed by atoms with van der Waals surface area (Å²) in [4.78, 5) is 27.6. The van der Waals surface area contributed by atoms with Crippen molar-refractivity contribution in [1.82, 2.24) is 10.2 Å². The van der Waals surface area contributed by atoms with Crippen molar-refractivity contribution in [2.24, 2.45) is 0 Å². The number of carbonyl (C=O) groups is 2. The van der Waals surface area contributed by atoms with Crippen LogP contribution in [0.2, 0.25) is 0 Å². The van der Waals surface area contributed by atoms with E-state index in [9.17, 15) is 9.59 Å². The molecule has 0 bridgehead atoms. The highest BCUT2D eigenvalue weighted by molar-refractivity contribution is 5.87. The molecular formula is C27H34N2O3. The van der Waals surface area contributed by atoms with Gasteiger partial charge >= 0.3 is 0 Å². The Balaban J connectivity index is 1.74. The van der Waals surface area contributed by atoms with Crippen molar-refractivity contribution in [3.8, 4) is 5.75 Å². The van der Waals surface area contributed by atoms with Crippen molar-refractivity contribution in [3.05, 3.63) is 77.4 Å². The normalized spacial score (nSPS) is 14.2. The number of rotatable bonds is 10. The van der Waals surface area contributed by atoms with E-state index in [2.05, 4.69) is 11.4 Å². The predicted octanol–water partition coefficient (Wildman–Crippen LogP) is 4.66. The van der Waals surface area contributed by atoms with Crippen molar-refractivity contribution < 1.29 is 14.3 Å². The third-order valence-electron chi connectivity index (χ3n) is 6.00. The van der Waals surface area contributed by atoms with Gasteiger partial charge in [-0.25, -0.2) is 0 Å². The topological polar surface area (TPSA) is 58.6 Å². The zero-order chi connectivity index (χ0) is 22.8. The number of methoxy groups -OCH3 is 1. The van der Waals surface area contributed by atoms with Crippen LogP contribution in [0.15, 0.2) is 66.2 Å². The van der Waals surface area contributed by atoms with Gasteiger partial charge in [-0.05, 0) is 55.4 Å². The minimum Gasteiger partial charge on any atom is -0.497 e. The molecule has 3 rings (SSSR count). The first-order valence-corrected chi connectivity index (χ1v) is 11.5. The fourth-order valence-corrected chi connectivity index (χ4v) is 4.15. The number of amides is 2. The first kappa shape index (κ1) is 23.6. The van der Waals surface area contributed by atoms with Crippen molar-refractivity contribution in [2.75, 3.05) is 13.7 Å². The highest BCUT2D eigenvalue weighted by Gasteiger charge is 2.28. The Bertz CT molecular complexity index is 906. The molecule has 0 saturated carbocycles. The zero-order valence-corrected chi connectivity index (χ0v) is 19.2. The summed E-state index contributed by atoms with van der Waals surface area (Å²) in [7, 11) is 1.63. The average Bonchev–Trinajstić information content (AvgIpc) is 2.83. The molecule has 0 saturated heterocycles. The van der Waals surface area contributed by atoms with Crippen LogP contribution in [0.5, 0.6) is 5.75 Å². The van der Waals surface area contributed by atoms with Gasteiger partial charge in [0.15, 0.2) is 0 Å². The van der Waals surface area contributed by atoms with Gasteiger partial charge in [-0.3, -0.25) is 9.59 Å². The SMILES string of the molecule is COc1ccc(CN(C(C)=O)[C@@H](Cc2ccccc2)C(=O)NCCC2=CCCCC2)cc1. The van der Waals surface area contributed by atoms with Crippen LogP contribution in [0.1, 0.15) is 50.2 Å². The maximum Gasteiger partial charge on any atom is 0.243 e. The summed E-state index contributed by atoms with van der Waals surface area (Å²) in [6.45, 7) is 2.50. The van der Waals surface area contributed by atoms with Gasteiger partial charge in [0.1, 0.15) is 11.8 Å². The molecule has 5 heteroatoms. The maximum absolute atomic E-state index is 13.3. The summed E-state index contributed by atoms with van der Waals surface area (Å²) in [5, 5.41) is 3.10. The Morgan fingerprint density at radius 1 is 1.03 bits per heavy atom. The van der Waals surface area contributed by atoms with E-state index in [1.165, 1.54) is 25.3 Å². The lowest BCUT2D eigenvalue weighted by Gasteiger charge is -2.30. The summed E-state index contributed by atoms with van der Waals surface area (Å²) in [5.74, 6) is 0.541. The second kappa shape index (κ2) is 12.1. The molecule has 170 valence electrons. The van der Waals surface area contributed by atoms with E-state index in [4.69, 9.17) is 4.74 Å². The van der Waals surface area contributed by atoms with Gasteiger partial charge < -0.3 is 15.0 Å². The second-order valence-corrected chi connectivity index (χ2v) is 8.35. The first-order valence-electron chi connectivity index (χ1n) is 11.5. The Kier molecular flexibility index (Phi) is 8.90. The van der Waals surface area contributed by atoms with Crippen molar-refractivity contribution >= 4 is 11.8 Å². The number of carbonyl (C=O) groups excluding carboxylic acids is 2. The summed E-state index contributed by atoms with van der Waals surface area (Å²) >= 11 is 0. The van der Waals surface area contributed by atoms with Crippen LogP contribution in [0.3, 0.4) is 0 Å². The molecule has 32 heavy (non-hydrogen) atoms. The summed E-state index contributed by atoms with van der Waals surface area (Å²) in [5.41, 5.74) is 3.42. The molecule has 0 heterocycles. The van der Waals surface area contributed by atoms with Gasteiger partial charge in [0.25, 0.3) is 0 Å². The van der Waals surface area contributed by atoms with Gasteiger partial charge in [0.2, 0.25) is 11.8 Å². The van der Waals surface area contributed by atoms with Crippen LogP contribution < -0.4 is 10.1 Å². The second-order valence-electron chi connectivity index (χ2n) is 8.35. The molecule has 0 radical (unpaired) electrons. The van der Waals surface area contributed by atoms with Crippen LogP contribution >= 0.6 is 0 Å². The van der Waals surface area contributed by atoms with Crippen LogP contribution in [0.25, 0.3) is 0 Å². The average molecular weight is 435 g/mol. The zero-order valence-electron chi connectivity index (χ0n) is 19.2. The van der Waals surface area contributed by atoms with Crippen LogP contribution in [0, 0.1) is 0 Å². The van der Waals surface area contributed by atoms with E-state index >= 15 is 0 Å². The van der Waals surface area contributed by atoms with Gasteiger partial charge in [-0.15, -0.1) is 0 Å². The number of nitrogens with zero attached hydrogens (tertiary/aromatic N) is 1. The third-order valence-corrected chi connectivity index (χ3v) is 6.00. The molecule has 0 spiro atoms. The summed E-state index contributed by atoms with van der Waals surface area (Å²) in [6, 6.07) is 16.9. The molecule has 0 aromatic heterocycles. The molecule has 1 N–H and O–H groups in total. The first-order chi connectivity index (χ1) is 15.6. The van der Waals surface area contributed by atoms with Crippen molar-refractivity contribution in [3.63, 3.8) is 0 Å². The van der Waals surface area contributed by atoms with E-state index in [0.717, 1.165) is 36.1 Å². The molecule has 1 atom stereocenters. The van der Waals surface area contributed by atoms with Crippen LogP contribution in [-0.4, -0.2) is 36.4 Å². The van der Waals surface area contributed by atoms with Gasteiger partial charge in [0.05, 0.1) is 7.11 Å². The number of benzene rings is 2.